The van der Waals surface area contributed by atoms with E-state index in [9.17, 15) is 9.18 Å². The predicted molar refractivity (Wildman–Crippen MR) is 138 cm³/mol. The maximum Gasteiger partial charge on any atom is 0.238 e. The Morgan fingerprint density at radius 2 is 1.91 bits per heavy atom. The number of ether oxygens (including phenoxy) is 1. The van der Waals surface area contributed by atoms with Crippen LogP contribution in [0.25, 0.3) is 0 Å². The van der Waals surface area contributed by atoms with Gasteiger partial charge in [0.2, 0.25) is 5.91 Å². The summed E-state index contributed by atoms with van der Waals surface area (Å²) in [4.78, 5) is 18.0. The zero-order valence-corrected chi connectivity index (χ0v) is 21.4. The molecule has 1 atom stereocenters. The van der Waals surface area contributed by atoms with Crippen LogP contribution in [0, 0.1) is 5.82 Å². The first-order chi connectivity index (χ1) is 14.9. The number of halogens is 2. The molecule has 0 aliphatic rings. The van der Waals surface area contributed by atoms with Gasteiger partial charge in [-0.05, 0) is 50.3 Å². The molecule has 1 unspecified atom stereocenters. The highest BCUT2D eigenvalue weighted by Crippen LogP contribution is 2.15. The first-order valence-corrected chi connectivity index (χ1v) is 10.3. The third-order valence-electron chi connectivity index (χ3n) is 4.41. The zero-order valence-electron chi connectivity index (χ0n) is 19.0. The van der Waals surface area contributed by atoms with Gasteiger partial charge < -0.3 is 25.6 Å². The van der Waals surface area contributed by atoms with Crippen molar-refractivity contribution in [3.8, 4) is 5.75 Å². The lowest BCUT2D eigenvalue weighted by atomic mass is 10.2. The average molecular weight is 557 g/mol. The van der Waals surface area contributed by atoms with Crippen molar-refractivity contribution in [2.75, 3.05) is 39.5 Å². The summed E-state index contributed by atoms with van der Waals surface area (Å²) >= 11 is 0. The molecule has 1 amide bonds. The number of likely N-dealkylation sites (N-methyl/N-ethyl adjacent to an activating group) is 1. The van der Waals surface area contributed by atoms with Crippen molar-refractivity contribution in [3.05, 3.63) is 59.9 Å². The fourth-order valence-corrected chi connectivity index (χ4v) is 2.87. The van der Waals surface area contributed by atoms with Crippen LogP contribution in [0.3, 0.4) is 0 Å². The molecule has 176 valence electrons. The van der Waals surface area contributed by atoms with Crippen molar-refractivity contribution in [3.63, 3.8) is 0 Å². The SMILES string of the molecule is CCC(CNC(=NC)NCc1cccc(NC(=O)CN(C)C)c1)Oc1cccc(F)c1.I. The smallest absolute Gasteiger partial charge is 0.238 e. The van der Waals surface area contributed by atoms with Crippen molar-refractivity contribution in [2.24, 2.45) is 4.99 Å². The van der Waals surface area contributed by atoms with Crippen molar-refractivity contribution in [1.82, 2.24) is 15.5 Å². The maximum atomic E-state index is 13.4. The molecule has 0 fully saturated rings. The monoisotopic (exact) mass is 557 g/mol. The quantitative estimate of drug-likeness (QED) is 0.237. The Kier molecular flexibility index (Phi) is 12.6. The number of rotatable bonds is 10. The number of amides is 1. The Morgan fingerprint density at radius 3 is 2.56 bits per heavy atom. The number of hydrogen-bond donors (Lipinski definition) is 3. The van der Waals surface area contributed by atoms with E-state index in [2.05, 4.69) is 20.9 Å². The molecular weight excluding hydrogens is 524 g/mol. The van der Waals surface area contributed by atoms with E-state index < -0.39 is 0 Å². The molecule has 0 saturated carbocycles. The van der Waals surface area contributed by atoms with Crippen LogP contribution in [0.2, 0.25) is 0 Å². The number of nitrogens with zero attached hydrogens (tertiary/aromatic N) is 2. The molecule has 0 heterocycles. The summed E-state index contributed by atoms with van der Waals surface area (Å²) in [5.74, 6) is 0.752. The van der Waals surface area contributed by atoms with E-state index in [1.165, 1.54) is 12.1 Å². The molecule has 9 heteroatoms. The molecule has 0 bridgehead atoms. The van der Waals surface area contributed by atoms with Crippen LogP contribution in [-0.4, -0.2) is 57.1 Å². The molecule has 32 heavy (non-hydrogen) atoms. The Hall–Kier alpha value is -2.40. The molecule has 3 N–H and O–H groups in total. The molecule has 2 rings (SSSR count). The molecule has 0 saturated heterocycles. The van der Waals surface area contributed by atoms with Gasteiger partial charge in [-0.1, -0.05) is 25.1 Å². The lowest BCUT2D eigenvalue weighted by Crippen LogP contribution is -2.42. The average Bonchev–Trinajstić information content (AvgIpc) is 2.72. The largest absolute Gasteiger partial charge is 0.489 e. The normalized spacial score (nSPS) is 12.0. The van der Waals surface area contributed by atoms with Crippen LogP contribution in [0.5, 0.6) is 5.75 Å². The number of hydrogen-bond acceptors (Lipinski definition) is 4. The van der Waals surface area contributed by atoms with Crippen LogP contribution in [0.15, 0.2) is 53.5 Å². The topological polar surface area (TPSA) is 78.0 Å². The standard InChI is InChI=1S/C23H32FN5O2.HI/c1-5-20(31-21-11-7-9-18(24)13-21)15-27-23(25-2)26-14-17-8-6-10-19(12-17)28-22(30)16-29(3)4;/h6-13,20H,5,14-16H2,1-4H3,(H,28,30)(H2,25,26,27);1H. The highest BCUT2D eigenvalue weighted by molar-refractivity contribution is 14.0. The fraction of sp³-hybridized carbons (Fsp3) is 0.391. The number of nitrogens with one attached hydrogen (secondary N) is 3. The van der Waals surface area contributed by atoms with Gasteiger partial charge in [0.1, 0.15) is 17.7 Å². The second kappa shape index (κ2) is 14.6. The summed E-state index contributed by atoms with van der Waals surface area (Å²) in [6.07, 6.45) is 0.630. The first kappa shape index (κ1) is 27.6. The fourth-order valence-electron chi connectivity index (χ4n) is 2.87. The lowest BCUT2D eigenvalue weighted by molar-refractivity contribution is -0.116. The Bertz CT molecular complexity index is 879. The molecule has 0 aliphatic heterocycles. The van der Waals surface area contributed by atoms with Crippen LogP contribution >= 0.6 is 24.0 Å². The van der Waals surface area contributed by atoms with Crippen LogP contribution in [0.1, 0.15) is 18.9 Å². The van der Waals surface area contributed by atoms with Crippen LogP contribution < -0.4 is 20.7 Å². The molecule has 2 aromatic carbocycles. The summed E-state index contributed by atoms with van der Waals surface area (Å²) in [5.41, 5.74) is 1.76. The summed E-state index contributed by atoms with van der Waals surface area (Å²) in [6.45, 7) is 3.40. The van der Waals surface area contributed by atoms with Crippen molar-refractivity contribution < 1.29 is 13.9 Å². The number of guanidine groups is 1. The minimum Gasteiger partial charge on any atom is -0.489 e. The Morgan fingerprint density at radius 1 is 1.16 bits per heavy atom. The Balaban J connectivity index is 0.00000512. The van der Waals surface area contributed by atoms with Gasteiger partial charge in [-0.3, -0.25) is 9.79 Å². The molecule has 0 spiro atoms. The van der Waals surface area contributed by atoms with Crippen molar-refractivity contribution in [2.45, 2.75) is 26.0 Å². The minimum atomic E-state index is -0.321. The van der Waals surface area contributed by atoms with Gasteiger partial charge in [-0.15, -0.1) is 24.0 Å². The van der Waals surface area contributed by atoms with Crippen LogP contribution in [0.4, 0.5) is 10.1 Å². The highest BCUT2D eigenvalue weighted by Gasteiger charge is 2.10. The molecular formula is C23H33FIN5O2. The number of carbonyl (C=O) groups is 1. The van der Waals surface area contributed by atoms with E-state index in [1.54, 1.807) is 19.2 Å². The van der Waals surface area contributed by atoms with Gasteiger partial charge in [0.05, 0.1) is 13.1 Å². The highest BCUT2D eigenvalue weighted by atomic mass is 127. The van der Waals surface area contributed by atoms with Gasteiger partial charge in [0.25, 0.3) is 0 Å². The summed E-state index contributed by atoms with van der Waals surface area (Å²) in [6, 6.07) is 13.8. The van der Waals surface area contributed by atoms with Gasteiger partial charge in [0, 0.05) is 25.3 Å². The first-order valence-electron chi connectivity index (χ1n) is 10.3. The summed E-state index contributed by atoms with van der Waals surface area (Å²) in [5, 5.41) is 9.38. The van der Waals surface area contributed by atoms with E-state index in [4.69, 9.17) is 4.74 Å². The zero-order chi connectivity index (χ0) is 22.6. The minimum absolute atomic E-state index is 0. The molecule has 7 nitrogen and oxygen atoms in total. The lowest BCUT2D eigenvalue weighted by Gasteiger charge is -2.20. The number of anilines is 1. The number of aliphatic imine (C=N–C) groups is 1. The second-order valence-corrected chi connectivity index (χ2v) is 7.40. The van der Waals surface area contributed by atoms with E-state index in [0.717, 1.165) is 17.7 Å². The van der Waals surface area contributed by atoms with E-state index >= 15 is 0 Å². The predicted octanol–water partition coefficient (Wildman–Crippen LogP) is 3.47. The third kappa shape index (κ3) is 10.3. The summed E-state index contributed by atoms with van der Waals surface area (Å²) in [7, 11) is 5.40. The number of benzene rings is 2. The van der Waals surface area contributed by atoms with Gasteiger partial charge in [-0.25, -0.2) is 4.39 Å². The van der Waals surface area contributed by atoms with E-state index in [-0.39, 0.29) is 41.8 Å². The second-order valence-electron chi connectivity index (χ2n) is 7.40. The van der Waals surface area contributed by atoms with Crippen molar-refractivity contribution in [1.29, 1.82) is 0 Å². The maximum absolute atomic E-state index is 13.4. The van der Waals surface area contributed by atoms with E-state index in [0.29, 0.717) is 31.3 Å². The molecule has 0 radical (unpaired) electrons. The van der Waals surface area contributed by atoms with Gasteiger partial charge in [-0.2, -0.15) is 0 Å². The molecule has 2 aromatic rings. The molecule has 0 aliphatic carbocycles. The Labute approximate surface area is 206 Å². The van der Waals surface area contributed by atoms with Gasteiger partial charge >= 0.3 is 0 Å². The number of carbonyl (C=O) groups excluding carboxylic acids is 1. The van der Waals surface area contributed by atoms with E-state index in [1.807, 2.05) is 50.2 Å². The van der Waals surface area contributed by atoms with Crippen LogP contribution in [-0.2, 0) is 11.3 Å². The molecule has 0 aromatic heterocycles. The third-order valence-corrected chi connectivity index (χ3v) is 4.41. The summed E-state index contributed by atoms with van der Waals surface area (Å²) < 4.78 is 19.2. The van der Waals surface area contributed by atoms with Gasteiger partial charge in [0.15, 0.2) is 5.96 Å². The van der Waals surface area contributed by atoms with Crippen molar-refractivity contribution >= 4 is 41.5 Å².